The first-order valence-electron chi connectivity index (χ1n) is 9.98. The van der Waals surface area contributed by atoms with Gasteiger partial charge in [-0.3, -0.25) is 14.2 Å². The number of thiophene rings is 1. The number of aryl methyl sites for hydroxylation is 1. The van der Waals surface area contributed by atoms with E-state index in [0.717, 1.165) is 24.0 Å². The Morgan fingerprint density at radius 3 is 2.59 bits per heavy atom. The Labute approximate surface area is 174 Å². The van der Waals surface area contributed by atoms with Crippen molar-refractivity contribution in [3.63, 3.8) is 0 Å². The number of rotatable bonds is 7. The molecule has 6 nitrogen and oxygen atoms in total. The Balaban J connectivity index is 2.17. The largest absolute Gasteiger partial charge is 0.341 e. The number of benzene rings is 1. The summed E-state index contributed by atoms with van der Waals surface area (Å²) in [4.78, 5) is 41.2. The molecule has 0 spiro atoms. The molecule has 0 radical (unpaired) electrons. The third kappa shape index (κ3) is 3.92. The van der Waals surface area contributed by atoms with Crippen LogP contribution in [0, 0.1) is 13.8 Å². The molecule has 1 amide bonds. The molecule has 0 N–H and O–H groups in total. The van der Waals surface area contributed by atoms with Gasteiger partial charge >= 0.3 is 5.69 Å². The first kappa shape index (κ1) is 21.0. The van der Waals surface area contributed by atoms with Crippen LogP contribution in [-0.2, 0) is 11.3 Å². The molecule has 0 saturated carbocycles. The van der Waals surface area contributed by atoms with Gasteiger partial charge < -0.3 is 4.90 Å². The van der Waals surface area contributed by atoms with E-state index in [2.05, 4.69) is 6.92 Å². The van der Waals surface area contributed by atoms with Crippen LogP contribution in [0.25, 0.3) is 15.9 Å². The minimum atomic E-state index is -0.477. The lowest BCUT2D eigenvalue weighted by atomic mass is 10.1. The molecule has 0 aliphatic heterocycles. The molecule has 2 aromatic heterocycles. The molecule has 0 saturated heterocycles. The van der Waals surface area contributed by atoms with E-state index in [0.29, 0.717) is 29.0 Å². The van der Waals surface area contributed by atoms with Gasteiger partial charge in [0.2, 0.25) is 5.91 Å². The van der Waals surface area contributed by atoms with Crippen molar-refractivity contribution in [1.29, 1.82) is 0 Å². The van der Waals surface area contributed by atoms with Crippen molar-refractivity contribution < 1.29 is 4.79 Å². The van der Waals surface area contributed by atoms with Crippen LogP contribution in [0.4, 0.5) is 0 Å². The van der Waals surface area contributed by atoms with E-state index >= 15 is 0 Å². The number of likely N-dealkylation sites (N-methyl/N-ethyl adjacent to an activating group) is 1. The minimum Gasteiger partial charge on any atom is -0.341 e. The van der Waals surface area contributed by atoms with Crippen molar-refractivity contribution in [2.45, 2.75) is 47.1 Å². The number of carbonyl (C=O) groups excluding carboxylic acids is 1. The van der Waals surface area contributed by atoms with E-state index in [4.69, 9.17) is 0 Å². The van der Waals surface area contributed by atoms with Gasteiger partial charge in [-0.1, -0.05) is 25.5 Å². The van der Waals surface area contributed by atoms with Crippen LogP contribution in [0.15, 0.2) is 39.2 Å². The number of unbranched alkanes of at least 4 members (excludes halogenated alkanes) is 1. The predicted octanol–water partition coefficient (Wildman–Crippen LogP) is 3.48. The summed E-state index contributed by atoms with van der Waals surface area (Å²) in [5, 5.41) is 1.79. The third-order valence-corrected chi connectivity index (χ3v) is 6.27. The van der Waals surface area contributed by atoms with Crippen molar-refractivity contribution >= 4 is 27.5 Å². The second kappa shape index (κ2) is 8.78. The van der Waals surface area contributed by atoms with Gasteiger partial charge in [0.15, 0.2) is 0 Å². The molecule has 0 aliphatic rings. The molecule has 29 heavy (non-hydrogen) atoms. The average molecular weight is 414 g/mol. The molecule has 3 aromatic rings. The third-order valence-electron chi connectivity index (χ3n) is 5.38. The van der Waals surface area contributed by atoms with Crippen molar-refractivity contribution in [3.8, 4) is 5.69 Å². The number of carbonyl (C=O) groups is 1. The summed E-state index contributed by atoms with van der Waals surface area (Å²) < 4.78 is 3.12. The Morgan fingerprint density at radius 2 is 1.90 bits per heavy atom. The maximum Gasteiger partial charge on any atom is 0.336 e. The molecular weight excluding hydrogens is 386 g/mol. The summed E-state index contributed by atoms with van der Waals surface area (Å²) in [6.07, 6.45) is 1.92. The Morgan fingerprint density at radius 1 is 1.14 bits per heavy atom. The van der Waals surface area contributed by atoms with Crippen molar-refractivity contribution in [2.24, 2.45) is 0 Å². The van der Waals surface area contributed by atoms with Crippen LogP contribution < -0.4 is 11.2 Å². The van der Waals surface area contributed by atoms with Crippen LogP contribution in [-0.4, -0.2) is 33.0 Å². The van der Waals surface area contributed by atoms with Gasteiger partial charge in [-0.05, 0) is 55.8 Å². The van der Waals surface area contributed by atoms with Gasteiger partial charge in [0, 0.05) is 13.1 Å². The zero-order chi connectivity index (χ0) is 21.1. The monoisotopic (exact) mass is 413 g/mol. The van der Waals surface area contributed by atoms with Crippen molar-refractivity contribution in [2.75, 3.05) is 13.1 Å². The molecule has 0 unspecified atom stereocenters. The molecule has 1 aromatic carbocycles. The van der Waals surface area contributed by atoms with E-state index in [1.54, 1.807) is 22.4 Å². The second-order valence-corrected chi connectivity index (χ2v) is 8.11. The van der Waals surface area contributed by atoms with Crippen LogP contribution in [0.5, 0.6) is 0 Å². The lowest BCUT2D eigenvalue weighted by Crippen LogP contribution is -2.43. The lowest BCUT2D eigenvalue weighted by Gasteiger charge is -2.22. The van der Waals surface area contributed by atoms with Gasteiger partial charge in [-0.15, -0.1) is 11.3 Å². The first-order valence-corrected chi connectivity index (χ1v) is 10.9. The summed E-state index contributed by atoms with van der Waals surface area (Å²) in [6.45, 7) is 9.05. The van der Waals surface area contributed by atoms with Gasteiger partial charge in [0.1, 0.15) is 11.2 Å². The summed E-state index contributed by atoms with van der Waals surface area (Å²) >= 11 is 1.29. The molecule has 0 bridgehead atoms. The summed E-state index contributed by atoms with van der Waals surface area (Å²) in [5.41, 5.74) is 2.14. The van der Waals surface area contributed by atoms with E-state index in [1.165, 1.54) is 20.5 Å². The fraction of sp³-hybridized carbons (Fsp3) is 0.409. The SMILES string of the molecule is CCCCN(CC)C(=O)Cn1c(=O)n(-c2cccc(C)c2C)c(=O)c2sccc21. The Bertz CT molecular complexity index is 1160. The highest BCUT2D eigenvalue weighted by Gasteiger charge is 2.20. The van der Waals surface area contributed by atoms with E-state index in [9.17, 15) is 14.4 Å². The van der Waals surface area contributed by atoms with Gasteiger partial charge in [0.05, 0.1) is 11.2 Å². The standard InChI is InChI=1S/C22H27N3O3S/c1-5-7-12-23(6-2)19(26)14-24-18-11-13-29-20(18)21(27)25(22(24)28)17-10-8-9-15(3)16(17)4/h8-11,13H,5-7,12,14H2,1-4H3. The normalized spacial score (nSPS) is 11.2. The predicted molar refractivity (Wildman–Crippen MR) is 118 cm³/mol. The van der Waals surface area contributed by atoms with Gasteiger partial charge in [-0.2, -0.15) is 0 Å². The zero-order valence-corrected chi connectivity index (χ0v) is 18.2. The van der Waals surface area contributed by atoms with Crippen LogP contribution in [0.3, 0.4) is 0 Å². The molecule has 3 rings (SSSR count). The maximum atomic E-state index is 13.4. The topological polar surface area (TPSA) is 64.3 Å². The molecule has 7 heteroatoms. The summed E-state index contributed by atoms with van der Waals surface area (Å²) in [5.74, 6) is -0.110. The summed E-state index contributed by atoms with van der Waals surface area (Å²) in [7, 11) is 0. The highest BCUT2D eigenvalue weighted by Crippen LogP contribution is 2.19. The van der Waals surface area contributed by atoms with Gasteiger partial charge in [0.25, 0.3) is 5.56 Å². The fourth-order valence-electron chi connectivity index (χ4n) is 3.47. The number of amides is 1. The van der Waals surface area contributed by atoms with Gasteiger partial charge in [-0.25, -0.2) is 9.36 Å². The highest BCUT2D eigenvalue weighted by molar-refractivity contribution is 7.17. The number of fused-ring (bicyclic) bond motifs is 1. The quantitative estimate of drug-likeness (QED) is 0.596. The van der Waals surface area contributed by atoms with E-state index in [-0.39, 0.29) is 18.0 Å². The number of aromatic nitrogens is 2. The van der Waals surface area contributed by atoms with Crippen LogP contribution >= 0.6 is 11.3 Å². The smallest absolute Gasteiger partial charge is 0.336 e. The zero-order valence-electron chi connectivity index (χ0n) is 17.4. The molecule has 0 fully saturated rings. The first-order chi connectivity index (χ1) is 13.9. The van der Waals surface area contributed by atoms with Crippen LogP contribution in [0.1, 0.15) is 37.8 Å². The number of nitrogens with zero attached hydrogens (tertiary/aromatic N) is 3. The van der Waals surface area contributed by atoms with Crippen molar-refractivity contribution in [3.05, 3.63) is 61.6 Å². The van der Waals surface area contributed by atoms with Crippen molar-refractivity contribution in [1.82, 2.24) is 14.0 Å². The molecule has 2 heterocycles. The Hall–Kier alpha value is -2.67. The number of hydrogen-bond donors (Lipinski definition) is 0. The minimum absolute atomic E-state index is 0.0746. The molecular formula is C22H27N3O3S. The van der Waals surface area contributed by atoms with E-state index in [1.807, 2.05) is 32.9 Å². The average Bonchev–Trinajstić information content (AvgIpc) is 3.19. The molecule has 154 valence electrons. The highest BCUT2D eigenvalue weighted by atomic mass is 32.1. The Kier molecular flexibility index (Phi) is 6.37. The maximum absolute atomic E-state index is 13.4. The van der Waals surface area contributed by atoms with E-state index < -0.39 is 5.69 Å². The fourth-order valence-corrected chi connectivity index (χ4v) is 4.30. The lowest BCUT2D eigenvalue weighted by molar-refractivity contribution is -0.131. The summed E-state index contributed by atoms with van der Waals surface area (Å²) in [6, 6.07) is 7.30. The molecule has 0 aliphatic carbocycles. The van der Waals surface area contributed by atoms with Crippen LogP contribution in [0.2, 0.25) is 0 Å². The molecule has 0 atom stereocenters. The number of hydrogen-bond acceptors (Lipinski definition) is 4. The second-order valence-electron chi connectivity index (χ2n) is 7.19.